The zero-order valence-electron chi connectivity index (χ0n) is 11.2. The highest BCUT2D eigenvalue weighted by Gasteiger charge is 2.38. The average Bonchev–Trinajstić information content (AvgIpc) is 2.65. The van der Waals surface area contributed by atoms with E-state index in [1.165, 1.54) is 0 Å². The van der Waals surface area contributed by atoms with E-state index in [1.807, 2.05) is 29.2 Å². The second-order valence-corrected chi connectivity index (χ2v) is 8.06. The van der Waals surface area contributed by atoms with Crippen LogP contribution < -0.4 is 4.74 Å². The Labute approximate surface area is 127 Å². The number of hydrogen-bond acceptors (Lipinski definition) is 5. The summed E-state index contributed by atoms with van der Waals surface area (Å²) in [5, 5.41) is 9.78. The number of halogens is 1. The highest BCUT2D eigenvalue weighted by Crippen LogP contribution is 2.18. The Morgan fingerprint density at radius 3 is 2.55 bits per heavy atom. The summed E-state index contributed by atoms with van der Waals surface area (Å²) in [5.74, 6) is 0.639. The maximum atomic E-state index is 11.5. The summed E-state index contributed by atoms with van der Waals surface area (Å²) in [4.78, 5) is 1.84. The van der Waals surface area contributed by atoms with Crippen LogP contribution in [0.3, 0.4) is 0 Å². The average molecular weight is 364 g/mol. The first-order valence-electron chi connectivity index (χ1n) is 6.34. The minimum absolute atomic E-state index is 0.0168. The monoisotopic (exact) mass is 363 g/mol. The number of sulfone groups is 1. The highest BCUT2D eigenvalue weighted by atomic mass is 79.9. The molecule has 0 amide bonds. The molecule has 0 spiro atoms. The molecule has 1 N–H and O–H groups in total. The van der Waals surface area contributed by atoms with Crippen molar-refractivity contribution < 1.29 is 18.3 Å². The van der Waals surface area contributed by atoms with Crippen molar-refractivity contribution in [2.24, 2.45) is 0 Å². The van der Waals surface area contributed by atoms with Crippen molar-refractivity contribution in [3.8, 4) is 5.75 Å². The number of benzene rings is 1. The number of nitrogens with zero attached hydrogens (tertiary/aromatic N) is 1. The summed E-state index contributed by atoms with van der Waals surface area (Å²) >= 11 is 3.35. The van der Waals surface area contributed by atoms with Gasteiger partial charge < -0.3 is 9.84 Å². The van der Waals surface area contributed by atoms with Crippen LogP contribution in [0.4, 0.5) is 0 Å². The van der Waals surface area contributed by atoms with Gasteiger partial charge in [0.2, 0.25) is 0 Å². The Bertz CT molecular complexity index is 546. The normalized spacial score (nSPS) is 25.0. The fourth-order valence-corrected chi connectivity index (χ4v) is 4.38. The molecule has 0 aromatic heterocycles. The van der Waals surface area contributed by atoms with Crippen molar-refractivity contribution >= 4 is 25.8 Å². The zero-order valence-corrected chi connectivity index (χ0v) is 13.6. The summed E-state index contributed by atoms with van der Waals surface area (Å²) in [7, 11) is -1.30. The lowest BCUT2D eigenvalue weighted by Gasteiger charge is -2.25. The highest BCUT2D eigenvalue weighted by molar-refractivity contribution is 9.10. The van der Waals surface area contributed by atoms with Crippen molar-refractivity contribution in [1.82, 2.24) is 4.90 Å². The number of aliphatic hydroxyl groups excluding tert-OH is 1. The SMILES string of the molecule is CN(CCOc1ccc(Br)cc1)C1CS(=O)(=O)CC1O. The van der Waals surface area contributed by atoms with Crippen molar-refractivity contribution in [2.45, 2.75) is 12.1 Å². The van der Waals surface area contributed by atoms with Gasteiger partial charge in [-0.15, -0.1) is 0 Å². The van der Waals surface area contributed by atoms with Crippen LogP contribution in [0.25, 0.3) is 0 Å². The third-order valence-electron chi connectivity index (χ3n) is 3.39. The maximum absolute atomic E-state index is 11.5. The number of hydrogen-bond donors (Lipinski definition) is 1. The molecule has 1 aliphatic rings. The van der Waals surface area contributed by atoms with Gasteiger partial charge in [0.05, 0.1) is 23.7 Å². The number of ether oxygens (including phenoxy) is 1. The zero-order chi connectivity index (χ0) is 14.8. The molecule has 1 aromatic carbocycles. The van der Waals surface area contributed by atoms with Crippen molar-refractivity contribution in [1.29, 1.82) is 0 Å². The predicted molar refractivity (Wildman–Crippen MR) is 80.7 cm³/mol. The molecule has 0 bridgehead atoms. The Morgan fingerprint density at radius 1 is 1.35 bits per heavy atom. The molecule has 1 aromatic rings. The van der Waals surface area contributed by atoms with E-state index in [0.29, 0.717) is 13.2 Å². The van der Waals surface area contributed by atoms with Crippen LogP contribution in [0, 0.1) is 0 Å². The van der Waals surface area contributed by atoms with Gasteiger partial charge in [-0.05, 0) is 31.3 Å². The van der Waals surface area contributed by atoms with Crippen LogP contribution in [0.5, 0.6) is 5.75 Å². The van der Waals surface area contributed by atoms with Crippen molar-refractivity contribution in [2.75, 3.05) is 31.7 Å². The van der Waals surface area contributed by atoms with Gasteiger partial charge in [0, 0.05) is 11.0 Å². The molecule has 5 nitrogen and oxygen atoms in total. The van der Waals surface area contributed by atoms with E-state index in [0.717, 1.165) is 10.2 Å². The lowest BCUT2D eigenvalue weighted by atomic mass is 10.2. The molecule has 7 heteroatoms. The van der Waals surface area contributed by atoms with Crippen LogP contribution in [-0.2, 0) is 9.84 Å². The van der Waals surface area contributed by atoms with Gasteiger partial charge in [0.15, 0.2) is 9.84 Å². The fraction of sp³-hybridized carbons (Fsp3) is 0.538. The summed E-state index contributed by atoms with van der Waals surface area (Å²) in [6.07, 6.45) is -0.808. The third kappa shape index (κ3) is 4.18. The summed E-state index contributed by atoms with van der Waals surface area (Å²) < 4.78 is 29.5. The molecule has 0 saturated carbocycles. The minimum atomic E-state index is -3.11. The molecule has 1 saturated heterocycles. The molecule has 112 valence electrons. The first kappa shape index (κ1) is 15.8. The topological polar surface area (TPSA) is 66.8 Å². The minimum Gasteiger partial charge on any atom is -0.492 e. The second-order valence-electron chi connectivity index (χ2n) is 4.99. The van der Waals surface area contributed by atoms with Crippen LogP contribution in [-0.4, -0.2) is 62.3 Å². The molecule has 0 aliphatic carbocycles. The van der Waals surface area contributed by atoms with Crippen LogP contribution in [0.15, 0.2) is 28.7 Å². The number of aliphatic hydroxyl groups is 1. The second kappa shape index (κ2) is 6.43. The van der Waals surface area contributed by atoms with Gasteiger partial charge in [0.1, 0.15) is 12.4 Å². The van der Waals surface area contributed by atoms with E-state index in [2.05, 4.69) is 15.9 Å². The Balaban J connectivity index is 1.81. The lowest BCUT2D eigenvalue weighted by Crippen LogP contribution is -2.42. The third-order valence-corrected chi connectivity index (χ3v) is 5.61. The quantitative estimate of drug-likeness (QED) is 0.842. The molecular weight excluding hydrogens is 346 g/mol. The van der Waals surface area contributed by atoms with Gasteiger partial charge in [-0.3, -0.25) is 4.90 Å². The van der Waals surface area contributed by atoms with Gasteiger partial charge in [-0.2, -0.15) is 0 Å². The largest absolute Gasteiger partial charge is 0.492 e. The standard InChI is InChI=1S/C13H18BrNO4S/c1-15(12-8-20(17,18)9-13(12)16)6-7-19-11-4-2-10(14)3-5-11/h2-5,12-13,16H,6-9H2,1H3. The van der Waals surface area contributed by atoms with E-state index in [9.17, 15) is 13.5 Å². The van der Waals surface area contributed by atoms with Crippen molar-refractivity contribution in [3.63, 3.8) is 0 Å². The van der Waals surface area contributed by atoms with Gasteiger partial charge >= 0.3 is 0 Å². The summed E-state index contributed by atoms with van der Waals surface area (Å²) in [5.41, 5.74) is 0. The smallest absolute Gasteiger partial charge is 0.154 e. The Hall–Kier alpha value is -0.630. The van der Waals surface area contributed by atoms with Crippen LogP contribution >= 0.6 is 15.9 Å². The van der Waals surface area contributed by atoms with E-state index < -0.39 is 15.9 Å². The molecule has 20 heavy (non-hydrogen) atoms. The number of rotatable bonds is 5. The Kier molecular flexibility index (Phi) is 5.06. The first-order valence-corrected chi connectivity index (χ1v) is 8.96. The lowest BCUT2D eigenvalue weighted by molar-refractivity contribution is 0.0903. The predicted octanol–water partition coefficient (Wildman–Crippen LogP) is 0.918. The summed E-state index contributed by atoms with van der Waals surface area (Å²) in [6, 6.07) is 7.17. The summed E-state index contributed by atoms with van der Waals surface area (Å²) in [6.45, 7) is 1.01. The molecule has 1 heterocycles. The van der Waals surface area contributed by atoms with Crippen molar-refractivity contribution in [3.05, 3.63) is 28.7 Å². The molecular formula is C13H18BrNO4S. The molecule has 0 radical (unpaired) electrons. The number of likely N-dealkylation sites (N-methyl/N-ethyl adjacent to an activating group) is 1. The molecule has 2 atom stereocenters. The molecule has 1 fully saturated rings. The molecule has 2 unspecified atom stereocenters. The Morgan fingerprint density at radius 2 is 2.00 bits per heavy atom. The van der Waals surface area contributed by atoms with Gasteiger partial charge in [-0.1, -0.05) is 15.9 Å². The molecule has 1 aliphatic heterocycles. The van der Waals surface area contributed by atoms with Crippen LogP contribution in [0.1, 0.15) is 0 Å². The van der Waals surface area contributed by atoms with Crippen LogP contribution in [0.2, 0.25) is 0 Å². The first-order chi connectivity index (χ1) is 9.37. The van der Waals surface area contributed by atoms with E-state index >= 15 is 0 Å². The fourth-order valence-electron chi connectivity index (χ4n) is 2.24. The maximum Gasteiger partial charge on any atom is 0.154 e. The van der Waals surface area contributed by atoms with E-state index in [1.54, 1.807) is 7.05 Å². The van der Waals surface area contributed by atoms with E-state index in [-0.39, 0.29) is 17.5 Å². The van der Waals surface area contributed by atoms with E-state index in [4.69, 9.17) is 4.74 Å². The van der Waals surface area contributed by atoms with Gasteiger partial charge in [-0.25, -0.2) is 8.42 Å². The molecule has 2 rings (SSSR count). The van der Waals surface area contributed by atoms with Gasteiger partial charge in [0.25, 0.3) is 0 Å².